The Morgan fingerprint density at radius 2 is 1.90 bits per heavy atom. The minimum absolute atomic E-state index is 0.157. The van der Waals surface area contributed by atoms with Crippen molar-refractivity contribution in [3.63, 3.8) is 0 Å². The van der Waals surface area contributed by atoms with Gasteiger partial charge in [-0.25, -0.2) is 0 Å². The van der Waals surface area contributed by atoms with Crippen molar-refractivity contribution in [1.29, 1.82) is 0 Å². The third kappa shape index (κ3) is 5.13. The SMILES string of the molecule is COc1ccc(OC)c(CNCC[S@@](=O)C(C)(C)C)c1. The van der Waals surface area contributed by atoms with Gasteiger partial charge in [-0.05, 0) is 39.0 Å². The van der Waals surface area contributed by atoms with E-state index in [0.717, 1.165) is 17.1 Å². The molecule has 0 fully saturated rings. The molecule has 20 heavy (non-hydrogen) atoms. The molecular weight excluding hydrogens is 274 g/mol. The Morgan fingerprint density at radius 3 is 2.45 bits per heavy atom. The molecule has 5 heteroatoms. The first-order valence-corrected chi connectivity index (χ1v) is 8.00. The van der Waals surface area contributed by atoms with Crippen molar-refractivity contribution in [2.24, 2.45) is 0 Å². The molecule has 0 amide bonds. The smallest absolute Gasteiger partial charge is 0.123 e. The summed E-state index contributed by atoms with van der Waals surface area (Å²) < 4.78 is 22.3. The van der Waals surface area contributed by atoms with E-state index in [1.807, 2.05) is 39.0 Å². The third-order valence-electron chi connectivity index (χ3n) is 2.95. The molecule has 0 bridgehead atoms. The molecule has 114 valence electrons. The minimum Gasteiger partial charge on any atom is -0.497 e. The van der Waals surface area contributed by atoms with Crippen LogP contribution in [0.4, 0.5) is 0 Å². The molecule has 0 aromatic heterocycles. The molecule has 0 aliphatic heterocycles. The van der Waals surface area contributed by atoms with Gasteiger partial charge in [0.1, 0.15) is 11.5 Å². The van der Waals surface area contributed by atoms with Crippen LogP contribution < -0.4 is 14.8 Å². The van der Waals surface area contributed by atoms with Gasteiger partial charge in [-0.2, -0.15) is 0 Å². The normalized spacial score (nSPS) is 13.1. The molecule has 1 aromatic rings. The van der Waals surface area contributed by atoms with Crippen molar-refractivity contribution >= 4 is 10.8 Å². The van der Waals surface area contributed by atoms with Crippen LogP contribution in [0.1, 0.15) is 26.3 Å². The fraction of sp³-hybridized carbons (Fsp3) is 0.600. The van der Waals surface area contributed by atoms with Gasteiger partial charge in [0.05, 0.1) is 14.2 Å². The lowest BCUT2D eigenvalue weighted by molar-refractivity contribution is 0.397. The van der Waals surface area contributed by atoms with Crippen molar-refractivity contribution in [2.75, 3.05) is 26.5 Å². The molecule has 0 saturated carbocycles. The molecule has 0 saturated heterocycles. The lowest BCUT2D eigenvalue weighted by atomic mass is 10.2. The quantitative estimate of drug-likeness (QED) is 0.785. The van der Waals surface area contributed by atoms with Gasteiger partial charge in [-0.15, -0.1) is 0 Å². The van der Waals surface area contributed by atoms with Crippen LogP contribution in [0.3, 0.4) is 0 Å². The number of nitrogens with one attached hydrogen (secondary N) is 1. The Labute approximate surface area is 124 Å². The molecular formula is C15H25NO3S. The topological polar surface area (TPSA) is 47.6 Å². The number of ether oxygens (including phenoxy) is 2. The molecule has 0 radical (unpaired) electrons. The van der Waals surface area contributed by atoms with E-state index in [9.17, 15) is 4.21 Å². The number of benzene rings is 1. The van der Waals surface area contributed by atoms with E-state index in [4.69, 9.17) is 9.47 Å². The van der Waals surface area contributed by atoms with E-state index in [1.165, 1.54) is 0 Å². The number of hydrogen-bond acceptors (Lipinski definition) is 4. The summed E-state index contributed by atoms with van der Waals surface area (Å²) in [7, 11) is 2.47. The second-order valence-electron chi connectivity index (χ2n) is 5.52. The van der Waals surface area contributed by atoms with E-state index in [1.54, 1.807) is 14.2 Å². The zero-order valence-electron chi connectivity index (χ0n) is 13.0. The standard InChI is InChI=1S/C15H25NO3S/c1-15(2,3)20(17)9-8-16-11-12-10-13(18-4)6-7-14(12)19-5/h6-7,10,16H,8-9,11H2,1-5H3/t20-/m1/s1. The fourth-order valence-corrected chi connectivity index (χ4v) is 2.66. The highest BCUT2D eigenvalue weighted by Gasteiger charge is 2.18. The lowest BCUT2D eigenvalue weighted by Gasteiger charge is -2.18. The first kappa shape index (κ1) is 17.0. The van der Waals surface area contributed by atoms with Crippen LogP contribution in [-0.4, -0.2) is 35.5 Å². The third-order valence-corrected chi connectivity index (χ3v) is 4.89. The van der Waals surface area contributed by atoms with Gasteiger partial charge in [0.15, 0.2) is 0 Å². The molecule has 1 aromatic carbocycles. The van der Waals surface area contributed by atoms with Gasteiger partial charge in [-0.1, -0.05) is 0 Å². The van der Waals surface area contributed by atoms with Crippen LogP contribution >= 0.6 is 0 Å². The van der Waals surface area contributed by atoms with Crippen LogP contribution in [0.25, 0.3) is 0 Å². The molecule has 1 rings (SSSR count). The van der Waals surface area contributed by atoms with Gasteiger partial charge in [0.25, 0.3) is 0 Å². The molecule has 0 spiro atoms. The van der Waals surface area contributed by atoms with Gasteiger partial charge in [0, 0.05) is 40.0 Å². The molecule has 0 heterocycles. The number of methoxy groups -OCH3 is 2. The Bertz CT molecular complexity index is 455. The maximum absolute atomic E-state index is 11.9. The van der Waals surface area contributed by atoms with Crippen molar-refractivity contribution in [3.05, 3.63) is 23.8 Å². The average Bonchev–Trinajstić information content (AvgIpc) is 2.41. The monoisotopic (exact) mass is 299 g/mol. The molecule has 4 nitrogen and oxygen atoms in total. The highest BCUT2D eigenvalue weighted by Crippen LogP contribution is 2.23. The number of rotatable bonds is 7. The molecule has 0 unspecified atom stereocenters. The predicted molar refractivity (Wildman–Crippen MR) is 84.0 cm³/mol. The van der Waals surface area contributed by atoms with E-state index in [-0.39, 0.29) is 4.75 Å². The van der Waals surface area contributed by atoms with Crippen LogP contribution in [-0.2, 0) is 17.3 Å². The summed E-state index contributed by atoms with van der Waals surface area (Å²) in [4.78, 5) is 0. The molecule has 1 atom stereocenters. The highest BCUT2D eigenvalue weighted by molar-refractivity contribution is 7.86. The second kappa shape index (κ2) is 7.64. The van der Waals surface area contributed by atoms with Gasteiger partial charge < -0.3 is 14.8 Å². The highest BCUT2D eigenvalue weighted by atomic mass is 32.2. The van der Waals surface area contributed by atoms with Crippen LogP contribution in [0, 0.1) is 0 Å². The van der Waals surface area contributed by atoms with E-state index in [0.29, 0.717) is 18.8 Å². The molecule has 0 aliphatic carbocycles. The summed E-state index contributed by atoms with van der Waals surface area (Å²) in [5.41, 5.74) is 1.04. The Morgan fingerprint density at radius 1 is 1.20 bits per heavy atom. The van der Waals surface area contributed by atoms with E-state index >= 15 is 0 Å². The summed E-state index contributed by atoms with van der Waals surface area (Å²) in [6, 6.07) is 5.71. The Kier molecular flexibility index (Phi) is 6.49. The maximum Gasteiger partial charge on any atom is 0.123 e. The first-order valence-electron chi connectivity index (χ1n) is 6.68. The summed E-state index contributed by atoms with van der Waals surface area (Å²) in [5, 5.41) is 3.30. The van der Waals surface area contributed by atoms with Crippen molar-refractivity contribution in [1.82, 2.24) is 5.32 Å². The fourth-order valence-electron chi connectivity index (χ4n) is 1.71. The summed E-state index contributed by atoms with van der Waals surface area (Å²) in [6.07, 6.45) is 0. The lowest BCUT2D eigenvalue weighted by Crippen LogP contribution is -2.29. The first-order chi connectivity index (χ1) is 9.38. The van der Waals surface area contributed by atoms with Gasteiger partial charge >= 0.3 is 0 Å². The van der Waals surface area contributed by atoms with Crippen molar-refractivity contribution in [3.8, 4) is 11.5 Å². The molecule has 1 N–H and O–H groups in total. The second-order valence-corrected chi connectivity index (χ2v) is 7.84. The van der Waals surface area contributed by atoms with Crippen LogP contribution in [0.15, 0.2) is 18.2 Å². The summed E-state index contributed by atoms with van der Waals surface area (Å²) in [5.74, 6) is 2.28. The Balaban J connectivity index is 2.51. The van der Waals surface area contributed by atoms with Crippen molar-refractivity contribution in [2.45, 2.75) is 32.1 Å². The minimum atomic E-state index is -0.827. The molecule has 0 aliphatic rings. The summed E-state index contributed by atoms with van der Waals surface area (Å²) in [6.45, 7) is 7.36. The van der Waals surface area contributed by atoms with Crippen LogP contribution in [0.2, 0.25) is 0 Å². The largest absolute Gasteiger partial charge is 0.497 e. The van der Waals surface area contributed by atoms with Crippen LogP contribution in [0.5, 0.6) is 11.5 Å². The van der Waals surface area contributed by atoms with Gasteiger partial charge in [-0.3, -0.25) is 4.21 Å². The Hall–Kier alpha value is -1.07. The number of hydrogen-bond donors (Lipinski definition) is 1. The maximum atomic E-state index is 11.9. The zero-order valence-corrected chi connectivity index (χ0v) is 13.8. The van der Waals surface area contributed by atoms with Crippen molar-refractivity contribution < 1.29 is 13.7 Å². The summed E-state index contributed by atoms with van der Waals surface area (Å²) >= 11 is 0. The van der Waals surface area contributed by atoms with E-state index in [2.05, 4.69) is 5.32 Å². The predicted octanol–water partition coefficient (Wildman–Crippen LogP) is 2.34. The van der Waals surface area contributed by atoms with Gasteiger partial charge in [0.2, 0.25) is 0 Å². The van der Waals surface area contributed by atoms with E-state index < -0.39 is 10.8 Å². The average molecular weight is 299 g/mol. The zero-order chi connectivity index (χ0) is 15.2.